The third kappa shape index (κ3) is 2.06. The normalized spacial score (nSPS) is 10.5. The Labute approximate surface area is 106 Å². The number of aromatic nitrogens is 2. The maximum Gasteiger partial charge on any atom is 0.178 e. The van der Waals surface area contributed by atoms with Gasteiger partial charge in [-0.1, -0.05) is 12.1 Å². The van der Waals surface area contributed by atoms with Gasteiger partial charge in [-0.25, -0.2) is 0 Å². The highest BCUT2D eigenvalue weighted by atomic mass is 32.1. The van der Waals surface area contributed by atoms with Gasteiger partial charge in [0.2, 0.25) is 0 Å². The molecule has 0 aliphatic rings. The molecule has 0 fully saturated rings. The van der Waals surface area contributed by atoms with Gasteiger partial charge in [0, 0.05) is 32.4 Å². The number of nitrogens with one attached hydrogen (secondary N) is 1. The third-order valence-electron chi connectivity index (χ3n) is 2.83. The summed E-state index contributed by atoms with van der Waals surface area (Å²) in [6.45, 7) is 0. The van der Waals surface area contributed by atoms with Crippen LogP contribution in [0.25, 0.3) is 11.3 Å². The summed E-state index contributed by atoms with van der Waals surface area (Å²) in [6.07, 6.45) is 0. The number of anilines is 2. The van der Waals surface area contributed by atoms with Gasteiger partial charge in [-0.2, -0.15) is 0 Å². The van der Waals surface area contributed by atoms with Crippen molar-refractivity contribution in [3.63, 3.8) is 0 Å². The Morgan fingerprint density at radius 1 is 1.24 bits per heavy atom. The highest BCUT2D eigenvalue weighted by Gasteiger charge is 2.08. The van der Waals surface area contributed by atoms with Crippen molar-refractivity contribution < 1.29 is 0 Å². The molecule has 1 aromatic carbocycles. The fraction of sp³-hybridized carbons (Fsp3) is 0.250. The number of hydrogen-bond donors (Lipinski definition) is 2. The van der Waals surface area contributed by atoms with Crippen LogP contribution < -0.4 is 10.6 Å². The van der Waals surface area contributed by atoms with Crippen LogP contribution in [0.3, 0.4) is 0 Å². The lowest BCUT2D eigenvalue weighted by Gasteiger charge is -2.12. The first-order valence-corrected chi connectivity index (χ1v) is 5.73. The second-order valence-electron chi connectivity index (χ2n) is 4.19. The van der Waals surface area contributed by atoms with Crippen LogP contribution in [0.15, 0.2) is 24.3 Å². The molecular formula is C12H16N4S. The first-order chi connectivity index (χ1) is 8.00. The number of nitrogen functional groups attached to an aromatic ring is 1. The summed E-state index contributed by atoms with van der Waals surface area (Å²) in [6, 6.07) is 8.18. The van der Waals surface area contributed by atoms with Gasteiger partial charge >= 0.3 is 0 Å². The molecule has 0 amide bonds. The average molecular weight is 248 g/mol. The van der Waals surface area contributed by atoms with Crippen molar-refractivity contribution in [3.05, 3.63) is 29.0 Å². The van der Waals surface area contributed by atoms with E-state index >= 15 is 0 Å². The molecule has 1 heterocycles. The minimum absolute atomic E-state index is 0.634. The van der Waals surface area contributed by atoms with E-state index in [0.29, 0.717) is 10.6 Å². The standard InChI is InChI=1S/C12H16N4S/c1-15(2)9-6-4-8(5-7-9)10-11(13)16(3)12(17)14-10/h4-7H,13H2,1-3H3,(H,14,17). The molecule has 4 nitrogen and oxygen atoms in total. The molecule has 0 bridgehead atoms. The SMILES string of the molecule is CN(C)c1ccc(-c2[nH]c(=S)n(C)c2N)cc1. The highest BCUT2D eigenvalue weighted by molar-refractivity contribution is 7.71. The zero-order chi connectivity index (χ0) is 12.6. The van der Waals surface area contributed by atoms with Gasteiger partial charge in [0.05, 0.1) is 5.69 Å². The van der Waals surface area contributed by atoms with E-state index in [2.05, 4.69) is 22.0 Å². The van der Waals surface area contributed by atoms with E-state index < -0.39 is 0 Å². The molecule has 2 aromatic rings. The predicted octanol–water partition coefficient (Wildman–Crippen LogP) is 2.40. The summed E-state index contributed by atoms with van der Waals surface area (Å²) in [5.41, 5.74) is 9.06. The van der Waals surface area contributed by atoms with Gasteiger partial charge in [-0.3, -0.25) is 0 Å². The van der Waals surface area contributed by atoms with Crippen LogP contribution in [0.4, 0.5) is 11.5 Å². The Bertz CT molecular complexity index is 578. The molecule has 90 valence electrons. The Hall–Kier alpha value is -1.75. The van der Waals surface area contributed by atoms with Crippen LogP contribution in [0.2, 0.25) is 0 Å². The second kappa shape index (κ2) is 4.25. The molecule has 0 aliphatic carbocycles. The van der Waals surface area contributed by atoms with Crippen molar-refractivity contribution in [2.24, 2.45) is 7.05 Å². The van der Waals surface area contributed by atoms with Gasteiger partial charge in [0.15, 0.2) is 4.77 Å². The molecule has 5 heteroatoms. The quantitative estimate of drug-likeness (QED) is 0.802. The van der Waals surface area contributed by atoms with Crippen LogP contribution in [-0.2, 0) is 7.05 Å². The molecule has 3 N–H and O–H groups in total. The van der Waals surface area contributed by atoms with Crippen molar-refractivity contribution in [3.8, 4) is 11.3 Å². The van der Waals surface area contributed by atoms with Gasteiger partial charge in [-0.15, -0.1) is 0 Å². The van der Waals surface area contributed by atoms with E-state index in [1.54, 1.807) is 4.57 Å². The Kier molecular flexibility index (Phi) is 2.93. The monoisotopic (exact) mass is 248 g/mol. The third-order valence-corrected chi connectivity index (χ3v) is 3.20. The minimum atomic E-state index is 0.634. The summed E-state index contributed by atoms with van der Waals surface area (Å²) in [7, 11) is 5.88. The molecule has 1 aromatic heterocycles. The fourth-order valence-electron chi connectivity index (χ4n) is 1.68. The fourth-order valence-corrected chi connectivity index (χ4v) is 1.88. The van der Waals surface area contributed by atoms with Gasteiger partial charge in [0.1, 0.15) is 5.82 Å². The second-order valence-corrected chi connectivity index (χ2v) is 4.58. The topological polar surface area (TPSA) is 50.0 Å². The maximum atomic E-state index is 5.99. The summed E-state index contributed by atoms with van der Waals surface area (Å²) in [4.78, 5) is 5.17. The average Bonchev–Trinajstić information content (AvgIpc) is 2.57. The smallest absolute Gasteiger partial charge is 0.178 e. The highest BCUT2D eigenvalue weighted by Crippen LogP contribution is 2.26. The van der Waals surface area contributed by atoms with Crippen molar-refractivity contribution >= 4 is 23.7 Å². The molecule has 17 heavy (non-hydrogen) atoms. The van der Waals surface area contributed by atoms with Crippen molar-refractivity contribution in [1.29, 1.82) is 0 Å². The van der Waals surface area contributed by atoms with Crippen molar-refractivity contribution in [2.75, 3.05) is 24.7 Å². The van der Waals surface area contributed by atoms with Crippen molar-refractivity contribution in [2.45, 2.75) is 0 Å². The molecule has 0 radical (unpaired) electrons. The number of nitrogens with two attached hydrogens (primary N) is 1. The van der Waals surface area contributed by atoms with Crippen LogP contribution in [-0.4, -0.2) is 23.6 Å². The van der Waals surface area contributed by atoms with E-state index in [9.17, 15) is 0 Å². The van der Waals surface area contributed by atoms with Crippen LogP contribution >= 0.6 is 12.2 Å². The summed E-state index contributed by atoms with van der Waals surface area (Å²) < 4.78 is 2.40. The summed E-state index contributed by atoms with van der Waals surface area (Å²) >= 11 is 5.15. The zero-order valence-electron chi connectivity index (χ0n) is 10.2. The van der Waals surface area contributed by atoms with E-state index in [1.807, 2.05) is 33.3 Å². The van der Waals surface area contributed by atoms with Gasteiger partial charge in [-0.05, 0) is 24.4 Å². The van der Waals surface area contributed by atoms with E-state index in [0.717, 1.165) is 16.9 Å². The van der Waals surface area contributed by atoms with Gasteiger partial charge < -0.3 is 20.2 Å². The molecule has 0 aliphatic heterocycles. The summed E-state index contributed by atoms with van der Waals surface area (Å²) in [5.74, 6) is 0.660. The number of imidazole rings is 1. The number of hydrogen-bond acceptors (Lipinski definition) is 3. The van der Waals surface area contributed by atoms with E-state index in [1.165, 1.54) is 0 Å². The lowest BCUT2D eigenvalue weighted by atomic mass is 10.1. The number of benzene rings is 1. The molecule has 0 spiro atoms. The first kappa shape index (κ1) is 11.7. The lowest BCUT2D eigenvalue weighted by Crippen LogP contribution is -2.07. The molecule has 0 saturated heterocycles. The first-order valence-electron chi connectivity index (χ1n) is 5.33. The minimum Gasteiger partial charge on any atom is -0.383 e. The van der Waals surface area contributed by atoms with Crippen LogP contribution in [0.5, 0.6) is 0 Å². The largest absolute Gasteiger partial charge is 0.383 e. The van der Waals surface area contributed by atoms with Gasteiger partial charge in [0.25, 0.3) is 0 Å². The number of rotatable bonds is 2. The van der Waals surface area contributed by atoms with E-state index in [4.69, 9.17) is 18.0 Å². The molecule has 0 atom stereocenters. The maximum absolute atomic E-state index is 5.99. The number of nitrogens with zero attached hydrogens (tertiary/aromatic N) is 2. The molecule has 2 rings (SSSR count). The predicted molar refractivity (Wildman–Crippen MR) is 74.8 cm³/mol. The Balaban J connectivity index is 2.47. The molecule has 0 unspecified atom stereocenters. The Morgan fingerprint density at radius 2 is 1.82 bits per heavy atom. The van der Waals surface area contributed by atoms with Crippen LogP contribution in [0, 0.1) is 4.77 Å². The molecular weight excluding hydrogens is 232 g/mol. The number of H-pyrrole nitrogens is 1. The van der Waals surface area contributed by atoms with Crippen molar-refractivity contribution in [1.82, 2.24) is 9.55 Å². The van der Waals surface area contributed by atoms with Crippen LogP contribution in [0.1, 0.15) is 0 Å². The lowest BCUT2D eigenvalue weighted by molar-refractivity contribution is 0.906. The summed E-state index contributed by atoms with van der Waals surface area (Å²) in [5, 5.41) is 0. The Morgan fingerprint density at radius 3 is 2.24 bits per heavy atom. The molecule has 0 saturated carbocycles. The zero-order valence-corrected chi connectivity index (χ0v) is 11.0. The number of aromatic amines is 1. The van der Waals surface area contributed by atoms with E-state index in [-0.39, 0.29) is 0 Å².